The average molecular weight is 495 g/mol. The Balaban J connectivity index is 1.77. The Labute approximate surface area is 210 Å². The summed E-state index contributed by atoms with van der Waals surface area (Å²) in [5.74, 6) is 0. The van der Waals surface area contributed by atoms with Crippen LogP contribution in [0.2, 0.25) is 0 Å². The molecule has 0 saturated heterocycles. The van der Waals surface area contributed by atoms with E-state index in [1.54, 1.807) is 12.2 Å². The molecule has 0 saturated carbocycles. The molecule has 2 aromatic carbocycles. The predicted octanol–water partition coefficient (Wildman–Crippen LogP) is 1.21. The Kier molecular flexibility index (Phi) is 10.0. The molecule has 8 N–H and O–H groups in total. The van der Waals surface area contributed by atoms with Gasteiger partial charge in [0.1, 0.15) is 0 Å². The maximum atomic E-state index is 9.24. The van der Waals surface area contributed by atoms with Crippen LogP contribution in [0, 0.1) is 5.41 Å². The summed E-state index contributed by atoms with van der Waals surface area (Å²) in [5.41, 5.74) is 11.0. The van der Waals surface area contributed by atoms with Gasteiger partial charge in [0.15, 0.2) is 0 Å². The summed E-state index contributed by atoms with van der Waals surface area (Å²) in [4.78, 5) is 8.40. The summed E-state index contributed by atoms with van der Waals surface area (Å²) in [5, 5.41) is 48.5. The van der Waals surface area contributed by atoms with E-state index in [4.69, 9.17) is 11.1 Å². The zero-order valence-electron chi connectivity index (χ0n) is 20.1. The topological polar surface area (TPSA) is 162 Å². The molecule has 0 atom stereocenters. The zero-order valence-corrected chi connectivity index (χ0v) is 20.1. The number of hydrogen-bond donors (Lipinski definition) is 7. The van der Waals surface area contributed by atoms with E-state index in [-0.39, 0.29) is 32.1 Å². The fourth-order valence-electron chi connectivity index (χ4n) is 3.82. The molecule has 10 heteroatoms. The molecular weight excluding hydrogens is 460 g/mol. The van der Waals surface area contributed by atoms with Crippen LogP contribution in [0.5, 0.6) is 0 Å². The molecule has 192 valence electrons. The minimum absolute atomic E-state index is 0.00772. The van der Waals surface area contributed by atoms with Gasteiger partial charge in [-0.2, -0.15) is 0 Å². The zero-order chi connectivity index (χ0) is 25.9. The number of aliphatic hydroxyl groups is 4. The average Bonchev–Trinajstić information content (AvgIpc) is 2.87. The molecule has 0 spiro atoms. The van der Waals surface area contributed by atoms with E-state index in [0.717, 1.165) is 17.1 Å². The van der Waals surface area contributed by atoms with Crippen LogP contribution in [0.1, 0.15) is 0 Å². The minimum atomic E-state index is -0.00971. The van der Waals surface area contributed by atoms with Gasteiger partial charge in [-0.1, -0.05) is 0 Å². The monoisotopic (exact) mass is 494 g/mol. The molecule has 0 heterocycles. The first-order valence-corrected chi connectivity index (χ1v) is 11.8. The van der Waals surface area contributed by atoms with Crippen molar-refractivity contribution in [3.63, 3.8) is 0 Å². The fourth-order valence-corrected chi connectivity index (χ4v) is 3.82. The van der Waals surface area contributed by atoms with Crippen molar-refractivity contribution in [2.75, 3.05) is 67.7 Å². The first-order valence-electron chi connectivity index (χ1n) is 11.8. The van der Waals surface area contributed by atoms with Crippen molar-refractivity contribution in [3.05, 3.63) is 72.1 Å². The third-order valence-corrected chi connectivity index (χ3v) is 5.62. The number of aliphatic imine (C=N–C) groups is 1. The Morgan fingerprint density at radius 3 is 1.67 bits per heavy atom. The quantitative estimate of drug-likeness (QED) is 0.204. The molecule has 0 amide bonds. The molecule has 3 rings (SSSR count). The molecule has 10 nitrogen and oxygen atoms in total. The second kappa shape index (κ2) is 13.4. The Morgan fingerprint density at radius 2 is 1.19 bits per heavy atom. The van der Waals surface area contributed by atoms with Gasteiger partial charge in [0.25, 0.3) is 0 Å². The van der Waals surface area contributed by atoms with Crippen LogP contribution >= 0.6 is 0 Å². The molecule has 0 aliphatic heterocycles. The van der Waals surface area contributed by atoms with E-state index in [9.17, 15) is 20.4 Å². The van der Waals surface area contributed by atoms with Crippen molar-refractivity contribution < 1.29 is 20.4 Å². The van der Waals surface area contributed by atoms with Crippen molar-refractivity contribution in [3.8, 4) is 0 Å². The van der Waals surface area contributed by atoms with Crippen LogP contribution in [0.15, 0.2) is 77.1 Å². The van der Waals surface area contributed by atoms with E-state index in [2.05, 4.69) is 10.3 Å². The molecule has 1 aliphatic carbocycles. The Hall–Kier alpha value is -3.70. The van der Waals surface area contributed by atoms with Gasteiger partial charge in [0, 0.05) is 43.2 Å². The molecule has 0 radical (unpaired) electrons. The summed E-state index contributed by atoms with van der Waals surface area (Å²) in [6.45, 7) is 1.66. The van der Waals surface area contributed by atoms with E-state index in [0.29, 0.717) is 49.0 Å². The highest BCUT2D eigenvalue weighted by Crippen LogP contribution is 2.23. The molecule has 2 aromatic rings. The second-order valence-electron chi connectivity index (χ2n) is 8.13. The van der Waals surface area contributed by atoms with Crippen LogP contribution in [-0.4, -0.2) is 84.5 Å². The second-order valence-corrected chi connectivity index (χ2v) is 8.13. The van der Waals surface area contributed by atoms with Gasteiger partial charge in [0.05, 0.1) is 54.9 Å². The van der Waals surface area contributed by atoms with E-state index < -0.39 is 0 Å². The summed E-state index contributed by atoms with van der Waals surface area (Å²) in [6, 6.07) is 14.9. The molecular formula is C26H34N6O4. The van der Waals surface area contributed by atoms with Gasteiger partial charge in [-0.3, -0.25) is 5.41 Å². The number of anilines is 3. The highest BCUT2D eigenvalue weighted by Gasteiger charge is 2.15. The molecule has 0 bridgehead atoms. The summed E-state index contributed by atoms with van der Waals surface area (Å²) >= 11 is 0. The molecule has 0 fully saturated rings. The third-order valence-electron chi connectivity index (χ3n) is 5.62. The number of aliphatic hydroxyl groups excluding tert-OH is 4. The van der Waals surface area contributed by atoms with Crippen LogP contribution < -0.4 is 20.9 Å². The standard InChI is InChI=1S/C26H34N6O4/c27-23-17-24(28)26(30-20-3-7-22(8-4-20)32(11-15-35)12-16-36)18-25(23)29-19-1-5-21(6-2-19)31(9-13-33)10-14-34/h1-8,17-18,27,29,33-36H,9-16,28H2. The lowest BCUT2D eigenvalue weighted by atomic mass is 10.0. The number of hydrogen-bond acceptors (Lipinski definition) is 10. The summed E-state index contributed by atoms with van der Waals surface area (Å²) < 4.78 is 0. The van der Waals surface area contributed by atoms with Gasteiger partial charge >= 0.3 is 0 Å². The first-order chi connectivity index (χ1) is 17.5. The van der Waals surface area contributed by atoms with E-state index in [1.165, 1.54) is 0 Å². The molecule has 0 unspecified atom stereocenters. The Morgan fingerprint density at radius 1 is 0.722 bits per heavy atom. The highest BCUT2D eigenvalue weighted by atomic mass is 16.3. The van der Waals surface area contributed by atoms with E-state index >= 15 is 0 Å². The maximum Gasteiger partial charge on any atom is 0.0888 e. The van der Waals surface area contributed by atoms with Gasteiger partial charge in [-0.15, -0.1) is 0 Å². The molecule has 0 aromatic heterocycles. The number of nitrogens with zero attached hydrogens (tertiary/aromatic N) is 3. The molecule has 36 heavy (non-hydrogen) atoms. The van der Waals surface area contributed by atoms with Crippen LogP contribution in [0.25, 0.3) is 0 Å². The first kappa shape index (κ1) is 26.9. The van der Waals surface area contributed by atoms with Crippen molar-refractivity contribution in [1.82, 2.24) is 0 Å². The van der Waals surface area contributed by atoms with Gasteiger partial charge in [-0.25, -0.2) is 4.99 Å². The van der Waals surface area contributed by atoms with Crippen LogP contribution in [0.4, 0.5) is 22.7 Å². The lowest BCUT2D eigenvalue weighted by molar-refractivity contribution is 0.280. The lowest BCUT2D eigenvalue weighted by Gasteiger charge is -2.23. The number of benzene rings is 2. The lowest BCUT2D eigenvalue weighted by Crippen LogP contribution is -2.29. The van der Waals surface area contributed by atoms with Gasteiger partial charge in [-0.05, 0) is 60.7 Å². The minimum Gasteiger partial charge on any atom is -0.397 e. The smallest absolute Gasteiger partial charge is 0.0888 e. The Bertz CT molecular complexity index is 1080. The number of nitrogens with two attached hydrogens (primary N) is 1. The van der Waals surface area contributed by atoms with E-state index in [1.807, 2.05) is 58.3 Å². The van der Waals surface area contributed by atoms with Crippen LogP contribution in [0.3, 0.4) is 0 Å². The number of allylic oxidation sites excluding steroid dienone is 2. The highest BCUT2D eigenvalue weighted by molar-refractivity contribution is 6.23. The predicted molar refractivity (Wildman–Crippen MR) is 144 cm³/mol. The van der Waals surface area contributed by atoms with Gasteiger partial charge < -0.3 is 41.3 Å². The SMILES string of the molecule is N=C1C=C(N)C(=Nc2ccc(N(CCO)CCO)cc2)C=C1Nc1ccc(N(CCO)CCO)cc1. The van der Waals surface area contributed by atoms with Crippen molar-refractivity contribution in [1.29, 1.82) is 5.41 Å². The third kappa shape index (κ3) is 7.15. The summed E-state index contributed by atoms with van der Waals surface area (Å²) in [6.07, 6.45) is 3.28. The largest absolute Gasteiger partial charge is 0.397 e. The van der Waals surface area contributed by atoms with Crippen molar-refractivity contribution in [2.45, 2.75) is 0 Å². The maximum absolute atomic E-state index is 9.24. The number of rotatable bonds is 13. The molecule has 1 aliphatic rings. The fraction of sp³-hybridized carbons (Fsp3) is 0.308. The summed E-state index contributed by atoms with van der Waals surface area (Å²) in [7, 11) is 0. The van der Waals surface area contributed by atoms with Crippen molar-refractivity contribution >= 4 is 34.2 Å². The van der Waals surface area contributed by atoms with Crippen LogP contribution in [-0.2, 0) is 0 Å². The van der Waals surface area contributed by atoms with Gasteiger partial charge in [0.2, 0.25) is 0 Å². The normalized spacial score (nSPS) is 14.4. The number of nitrogens with one attached hydrogen (secondary N) is 2. The van der Waals surface area contributed by atoms with Crippen molar-refractivity contribution in [2.24, 2.45) is 10.7 Å².